The smallest absolute Gasteiger partial charge is 0.327 e. The van der Waals surface area contributed by atoms with Gasteiger partial charge in [0.05, 0.1) is 0 Å². The van der Waals surface area contributed by atoms with Crippen LogP contribution >= 0.6 is 12.6 Å². The Morgan fingerprint density at radius 1 is 1.60 bits per heavy atom. The Bertz CT molecular complexity index is 374. The average Bonchev–Trinajstić information content (AvgIpc) is 2.60. The number of nitrogens with one attached hydrogen (secondary N) is 1. The molecule has 1 heterocycles. The molecule has 0 aliphatic carbocycles. The van der Waals surface area contributed by atoms with E-state index in [2.05, 4.69) is 17.9 Å². The van der Waals surface area contributed by atoms with Gasteiger partial charge in [-0.25, -0.2) is 4.79 Å². The number of carbonyl (C=O) groups excluding carboxylic acids is 1. The number of carboxylic acid groups (broad SMARTS) is 1. The van der Waals surface area contributed by atoms with Crippen LogP contribution in [0.25, 0.3) is 0 Å². The van der Waals surface area contributed by atoms with E-state index in [1.807, 2.05) is 0 Å². The van der Waals surface area contributed by atoms with Crippen LogP contribution in [0.3, 0.4) is 0 Å². The first-order valence-electron chi connectivity index (χ1n) is 4.25. The van der Waals surface area contributed by atoms with Crippen molar-refractivity contribution in [1.29, 1.82) is 0 Å². The quantitative estimate of drug-likeness (QED) is 0.664. The number of aliphatic carboxylic acids is 1. The summed E-state index contributed by atoms with van der Waals surface area (Å²) in [5.74, 6) is -0.953. The second-order valence-corrected chi connectivity index (χ2v) is 3.32. The van der Waals surface area contributed by atoms with Crippen molar-refractivity contribution in [2.24, 2.45) is 0 Å². The van der Waals surface area contributed by atoms with Gasteiger partial charge >= 0.3 is 5.97 Å². The molecule has 0 aromatic carbocycles. The molecule has 6 heteroatoms. The highest BCUT2D eigenvalue weighted by Crippen LogP contribution is 2.06. The van der Waals surface area contributed by atoms with E-state index in [0.29, 0.717) is 5.76 Å². The van der Waals surface area contributed by atoms with E-state index in [-0.39, 0.29) is 11.5 Å². The first-order chi connectivity index (χ1) is 7.04. The number of thiol groups is 1. The standard InChI is InChI=1S/C9H11NO4S/c1-5-2-3-7(14-5)8(11)10-6(4-15)9(12)13/h2-3,6,15H,4H2,1H3,(H,10,11)(H,12,13). The van der Waals surface area contributed by atoms with Gasteiger partial charge in [-0.2, -0.15) is 12.6 Å². The van der Waals surface area contributed by atoms with E-state index in [9.17, 15) is 9.59 Å². The van der Waals surface area contributed by atoms with Crippen LogP contribution in [0.1, 0.15) is 16.3 Å². The third-order valence-corrected chi connectivity index (χ3v) is 2.12. The number of hydrogen-bond acceptors (Lipinski definition) is 4. The van der Waals surface area contributed by atoms with Crippen LogP contribution in [-0.4, -0.2) is 28.8 Å². The fourth-order valence-electron chi connectivity index (χ4n) is 0.971. The first kappa shape index (κ1) is 11.6. The number of carbonyl (C=O) groups is 2. The molecular formula is C9H11NO4S. The lowest BCUT2D eigenvalue weighted by Gasteiger charge is -2.09. The molecule has 1 unspecified atom stereocenters. The summed E-state index contributed by atoms with van der Waals surface area (Å²) in [5.41, 5.74) is 0. The van der Waals surface area contributed by atoms with Crippen LogP contribution < -0.4 is 5.32 Å². The molecule has 82 valence electrons. The molecule has 1 atom stereocenters. The molecule has 1 aromatic heterocycles. The summed E-state index contributed by atoms with van der Waals surface area (Å²) < 4.78 is 5.04. The van der Waals surface area contributed by atoms with Gasteiger partial charge in [0.2, 0.25) is 0 Å². The second kappa shape index (κ2) is 4.88. The summed E-state index contributed by atoms with van der Waals surface area (Å²) >= 11 is 3.82. The number of hydrogen-bond donors (Lipinski definition) is 3. The van der Waals surface area contributed by atoms with Gasteiger partial charge in [0, 0.05) is 5.75 Å². The Morgan fingerprint density at radius 3 is 2.67 bits per heavy atom. The molecule has 5 nitrogen and oxygen atoms in total. The number of aryl methyl sites for hydroxylation is 1. The highest BCUT2D eigenvalue weighted by Gasteiger charge is 2.20. The second-order valence-electron chi connectivity index (χ2n) is 2.96. The van der Waals surface area contributed by atoms with Crippen molar-refractivity contribution >= 4 is 24.5 Å². The molecule has 0 fully saturated rings. The summed E-state index contributed by atoms with van der Waals surface area (Å²) in [4.78, 5) is 22.0. The zero-order chi connectivity index (χ0) is 11.4. The molecule has 0 saturated heterocycles. The largest absolute Gasteiger partial charge is 0.480 e. The minimum absolute atomic E-state index is 0.0285. The van der Waals surface area contributed by atoms with Gasteiger partial charge in [-0.1, -0.05) is 0 Å². The highest BCUT2D eigenvalue weighted by atomic mass is 32.1. The Kier molecular flexibility index (Phi) is 3.79. The molecule has 2 N–H and O–H groups in total. The van der Waals surface area contributed by atoms with E-state index in [0.717, 1.165) is 0 Å². The number of furan rings is 1. The van der Waals surface area contributed by atoms with Crippen molar-refractivity contribution < 1.29 is 19.1 Å². The summed E-state index contributed by atoms with van der Waals surface area (Å²) in [6.07, 6.45) is 0. The molecule has 0 bridgehead atoms. The van der Waals surface area contributed by atoms with Crippen LogP contribution in [0.4, 0.5) is 0 Å². The normalized spacial score (nSPS) is 12.1. The minimum atomic E-state index is -1.12. The van der Waals surface area contributed by atoms with E-state index in [4.69, 9.17) is 9.52 Å². The average molecular weight is 229 g/mol. The lowest BCUT2D eigenvalue weighted by atomic mass is 10.3. The summed E-state index contributed by atoms with van der Waals surface area (Å²) in [6.45, 7) is 1.70. The van der Waals surface area contributed by atoms with Gasteiger partial charge in [0.25, 0.3) is 5.91 Å². The Labute approximate surface area is 91.9 Å². The zero-order valence-corrected chi connectivity index (χ0v) is 8.95. The van der Waals surface area contributed by atoms with E-state index >= 15 is 0 Å². The van der Waals surface area contributed by atoms with E-state index in [1.165, 1.54) is 6.07 Å². The van der Waals surface area contributed by atoms with Crippen LogP contribution in [0.5, 0.6) is 0 Å². The van der Waals surface area contributed by atoms with E-state index in [1.54, 1.807) is 13.0 Å². The Morgan fingerprint density at radius 2 is 2.27 bits per heavy atom. The molecule has 15 heavy (non-hydrogen) atoms. The maximum atomic E-state index is 11.4. The van der Waals surface area contributed by atoms with Gasteiger partial charge in [0.15, 0.2) is 5.76 Å². The lowest BCUT2D eigenvalue weighted by Crippen LogP contribution is -2.41. The molecular weight excluding hydrogens is 218 g/mol. The topological polar surface area (TPSA) is 79.5 Å². The van der Waals surface area contributed by atoms with Crippen molar-refractivity contribution in [3.05, 3.63) is 23.7 Å². The zero-order valence-electron chi connectivity index (χ0n) is 8.06. The van der Waals surface area contributed by atoms with Crippen LogP contribution in [-0.2, 0) is 4.79 Å². The van der Waals surface area contributed by atoms with Gasteiger partial charge < -0.3 is 14.8 Å². The molecule has 1 amide bonds. The fourth-order valence-corrected chi connectivity index (χ4v) is 1.22. The van der Waals surface area contributed by atoms with Crippen molar-refractivity contribution in [1.82, 2.24) is 5.32 Å². The maximum absolute atomic E-state index is 11.4. The number of carboxylic acids is 1. The van der Waals surface area contributed by atoms with Crippen LogP contribution in [0.15, 0.2) is 16.5 Å². The summed E-state index contributed by atoms with van der Waals surface area (Å²) in [7, 11) is 0. The SMILES string of the molecule is Cc1ccc(C(=O)NC(CS)C(=O)O)o1. The van der Waals surface area contributed by atoms with Crippen molar-refractivity contribution in [3.8, 4) is 0 Å². The van der Waals surface area contributed by atoms with Crippen molar-refractivity contribution in [3.63, 3.8) is 0 Å². The first-order valence-corrected chi connectivity index (χ1v) is 4.89. The predicted molar refractivity (Wildman–Crippen MR) is 56.2 cm³/mol. The number of amides is 1. The minimum Gasteiger partial charge on any atom is -0.480 e. The summed E-state index contributed by atoms with van der Waals surface area (Å²) in [5, 5.41) is 11.0. The van der Waals surface area contributed by atoms with Crippen molar-refractivity contribution in [2.75, 3.05) is 5.75 Å². The Hall–Kier alpha value is -1.43. The fraction of sp³-hybridized carbons (Fsp3) is 0.333. The third-order valence-electron chi connectivity index (χ3n) is 1.75. The number of rotatable bonds is 4. The third kappa shape index (κ3) is 3.02. The van der Waals surface area contributed by atoms with Gasteiger partial charge in [-0.15, -0.1) is 0 Å². The maximum Gasteiger partial charge on any atom is 0.327 e. The molecule has 0 saturated carbocycles. The van der Waals surface area contributed by atoms with Crippen LogP contribution in [0, 0.1) is 6.92 Å². The molecule has 0 radical (unpaired) electrons. The molecule has 0 spiro atoms. The summed E-state index contributed by atoms with van der Waals surface area (Å²) in [6, 6.07) is 2.11. The lowest BCUT2D eigenvalue weighted by molar-refractivity contribution is -0.138. The van der Waals surface area contributed by atoms with Gasteiger partial charge in [-0.3, -0.25) is 4.79 Å². The van der Waals surface area contributed by atoms with Gasteiger partial charge in [0.1, 0.15) is 11.8 Å². The van der Waals surface area contributed by atoms with Crippen LogP contribution in [0.2, 0.25) is 0 Å². The molecule has 0 aliphatic rings. The van der Waals surface area contributed by atoms with E-state index < -0.39 is 17.9 Å². The Balaban J connectivity index is 2.66. The molecule has 1 rings (SSSR count). The van der Waals surface area contributed by atoms with Crippen molar-refractivity contribution in [2.45, 2.75) is 13.0 Å². The molecule has 0 aliphatic heterocycles. The van der Waals surface area contributed by atoms with Gasteiger partial charge in [-0.05, 0) is 19.1 Å². The predicted octanol–water partition coefficient (Wildman–Crippen LogP) is 0.701. The highest BCUT2D eigenvalue weighted by molar-refractivity contribution is 7.80. The monoisotopic (exact) mass is 229 g/mol. The molecule has 1 aromatic rings.